The van der Waals surface area contributed by atoms with Gasteiger partial charge in [0.1, 0.15) is 23.1 Å². The maximum Gasteiger partial charge on any atom is 0.240 e. The standard InChI is InChI=1S/C29H24N4O3/c1-19(34)32-26(17-24(30-32)20-12-14-23(35-2)15-13-20)25-18-27(33(31-25)22-9-4-3-5-10-22)29-16-21-8-6-7-11-28(21)36-29/h3-16,18,26H,17H2,1-2H3. The first-order chi connectivity index (χ1) is 17.6. The molecule has 1 aliphatic heterocycles. The molecule has 178 valence electrons. The molecule has 3 heterocycles. The molecule has 1 amide bonds. The van der Waals surface area contributed by atoms with Crippen molar-refractivity contribution in [2.24, 2.45) is 5.10 Å². The number of nitrogens with zero attached hydrogens (tertiary/aromatic N) is 4. The highest BCUT2D eigenvalue weighted by molar-refractivity contribution is 6.03. The number of hydrogen-bond donors (Lipinski definition) is 0. The van der Waals surface area contributed by atoms with E-state index in [9.17, 15) is 4.79 Å². The molecule has 36 heavy (non-hydrogen) atoms. The number of ether oxygens (including phenoxy) is 1. The second-order valence-electron chi connectivity index (χ2n) is 8.71. The lowest BCUT2D eigenvalue weighted by molar-refractivity contribution is -0.130. The highest BCUT2D eigenvalue weighted by Gasteiger charge is 2.34. The van der Waals surface area contributed by atoms with Crippen LogP contribution in [0.25, 0.3) is 28.1 Å². The number of hydrazone groups is 1. The molecule has 7 nitrogen and oxygen atoms in total. The Balaban J connectivity index is 1.43. The van der Waals surface area contributed by atoms with Crippen LogP contribution in [0.3, 0.4) is 0 Å². The number of hydrogen-bond acceptors (Lipinski definition) is 5. The van der Waals surface area contributed by atoms with Gasteiger partial charge in [0.15, 0.2) is 5.76 Å². The average Bonchev–Trinajstić information content (AvgIpc) is 3.65. The summed E-state index contributed by atoms with van der Waals surface area (Å²) in [5.74, 6) is 1.35. The zero-order chi connectivity index (χ0) is 24.6. The van der Waals surface area contributed by atoms with Gasteiger partial charge in [-0.05, 0) is 60.2 Å². The summed E-state index contributed by atoms with van der Waals surface area (Å²) in [6.07, 6.45) is 0.553. The fourth-order valence-corrected chi connectivity index (χ4v) is 4.60. The summed E-state index contributed by atoms with van der Waals surface area (Å²) >= 11 is 0. The van der Waals surface area contributed by atoms with Crippen molar-refractivity contribution in [2.45, 2.75) is 19.4 Å². The van der Waals surface area contributed by atoms with Gasteiger partial charge >= 0.3 is 0 Å². The summed E-state index contributed by atoms with van der Waals surface area (Å²) in [4.78, 5) is 12.6. The zero-order valence-electron chi connectivity index (χ0n) is 20.0. The van der Waals surface area contributed by atoms with Crippen molar-refractivity contribution in [3.05, 3.63) is 102 Å². The van der Waals surface area contributed by atoms with Crippen LogP contribution >= 0.6 is 0 Å². The quantitative estimate of drug-likeness (QED) is 0.312. The molecule has 3 aromatic carbocycles. The van der Waals surface area contributed by atoms with Gasteiger partial charge in [0.25, 0.3) is 0 Å². The summed E-state index contributed by atoms with van der Waals surface area (Å²) < 4.78 is 13.3. The van der Waals surface area contributed by atoms with E-state index in [0.29, 0.717) is 12.2 Å². The molecular formula is C29H24N4O3. The Morgan fingerprint density at radius 1 is 0.972 bits per heavy atom. The third-order valence-electron chi connectivity index (χ3n) is 6.40. The number of rotatable bonds is 5. The number of amides is 1. The number of benzene rings is 3. The molecule has 0 N–H and O–H groups in total. The number of para-hydroxylation sites is 2. The second kappa shape index (κ2) is 8.85. The minimum Gasteiger partial charge on any atom is -0.497 e. The Morgan fingerprint density at radius 2 is 1.72 bits per heavy atom. The zero-order valence-corrected chi connectivity index (χ0v) is 20.0. The monoisotopic (exact) mass is 476 g/mol. The first-order valence-corrected chi connectivity index (χ1v) is 11.8. The predicted molar refractivity (Wildman–Crippen MR) is 138 cm³/mol. The van der Waals surface area contributed by atoms with Crippen LogP contribution in [-0.2, 0) is 4.79 Å². The van der Waals surface area contributed by atoms with E-state index in [2.05, 4.69) is 5.10 Å². The summed E-state index contributed by atoms with van der Waals surface area (Å²) in [5.41, 5.74) is 5.06. The minimum atomic E-state index is -0.326. The molecule has 1 aliphatic rings. The number of aromatic nitrogens is 2. The molecule has 0 saturated carbocycles. The maximum atomic E-state index is 12.6. The van der Waals surface area contributed by atoms with Crippen LogP contribution in [0.15, 0.2) is 101 Å². The first kappa shape index (κ1) is 21.9. The summed E-state index contributed by atoms with van der Waals surface area (Å²) in [7, 11) is 1.64. The van der Waals surface area contributed by atoms with Crippen molar-refractivity contribution in [1.82, 2.24) is 14.8 Å². The summed E-state index contributed by atoms with van der Waals surface area (Å²) in [6, 6.07) is 29.2. The third-order valence-corrected chi connectivity index (χ3v) is 6.40. The lowest BCUT2D eigenvalue weighted by Gasteiger charge is -2.17. The molecular weight excluding hydrogens is 452 g/mol. The SMILES string of the molecule is COc1ccc(C2=NN(C(C)=O)C(c3cc(-c4cc5ccccc5o4)n(-c4ccccc4)n3)C2)cc1. The molecule has 0 spiro atoms. The minimum absolute atomic E-state index is 0.136. The molecule has 0 aliphatic carbocycles. The van der Waals surface area contributed by atoms with Crippen molar-refractivity contribution < 1.29 is 13.9 Å². The molecule has 2 aromatic heterocycles. The molecule has 5 aromatic rings. The Kier molecular flexibility index (Phi) is 5.37. The molecule has 1 unspecified atom stereocenters. The van der Waals surface area contributed by atoms with E-state index in [4.69, 9.17) is 14.3 Å². The Bertz CT molecular complexity index is 1550. The highest BCUT2D eigenvalue weighted by atomic mass is 16.5. The van der Waals surface area contributed by atoms with E-state index >= 15 is 0 Å². The van der Waals surface area contributed by atoms with Gasteiger partial charge in [-0.3, -0.25) is 4.79 Å². The van der Waals surface area contributed by atoms with E-state index < -0.39 is 0 Å². The van der Waals surface area contributed by atoms with Crippen LogP contribution < -0.4 is 4.74 Å². The van der Waals surface area contributed by atoms with Gasteiger partial charge in [-0.2, -0.15) is 10.2 Å². The molecule has 0 radical (unpaired) electrons. The van der Waals surface area contributed by atoms with Gasteiger partial charge in [0.2, 0.25) is 5.91 Å². The maximum absolute atomic E-state index is 12.6. The molecule has 0 fully saturated rings. The summed E-state index contributed by atoms with van der Waals surface area (Å²) in [5, 5.41) is 12.2. The average molecular weight is 477 g/mol. The van der Waals surface area contributed by atoms with Gasteiger partial charge in [0, 0.05) is 18.7 Å². The Labute approximate surface area is 208 Å². The van der Waals surface area contributed by atoms with Gasteiger partial charge < -0.3 is 9.15 Å². The van der Waals surface area contributed by atoms with E-state index in [1.807, 2.05) is 95.7 Å². The number of carbonyl (C=O) groups is 1. The van der Waals surface area contributed by atoms with Crippen molar-refractivity contribution in [3.8, 4) is 22.9 Å². The van der Waals surface area contributed by atoms with Crippen LogP contribution in [0.4, 0.5) is 0 Å². The molecule has 0 saturated heterocycles. The third kappa shape index (κ3) is 3.84. The lowest BCUT2D eigenvalue weighted by Crippen LogP contribution is -2.24. The van der Waals surface area contributed by atoms with E-state index in [0.717, 1.165) is 45.1 Å². The number of furan rings is 1. The van der Waals surface area contributed by atoms with Crippen LogP contribution in [-0.4, -0.2) is 33.5 Å². The van der Waals surface area contributed by atoms with Crippen molar-refractivity contribution in [2.75, 3.05) is 7.11 Å². The predicted octanol–water partition coefficient (Wildman–Crippen LogP) is 5.99. The normalized spacial score (nSPS) is 15.3. The van der Waals surface area contributed by atoms with Crippen molar-refractivity contribution in [1.29, 1.82) is 0 Å². The molecule has 6 rings (SSSR count). The molecule has 0 bridgehead atoms. The molecule has 7 heteroatoms. The topological polar surface area (TPSA) is 72.9 Å². The van der Waals surface area contributed by atoms with Crippen LogP contribution in [0, 0.1) is 0 Å². The Hall–Kier alpha value is -4.65. The number of carbonyl (C=O) groups excluding carboxylic acids is 1. The van der Waals surface area contributed by atoms with Gasteiger partial charge in [-0.25, -0.2) is 9.69 Å². The fourth-order valence-electron chi connectivity index (χ4n) is 4.60. The van der Waals surface area contributed by atoms with Crippen LogP contribution in [0.2, 0.25) is 0 Å². The largest absolute Gasteiger partial charge is 0.497 e. The van der Waals surface area contributed by atoms with Crippen molar-refractivity contribution >= 4 is 22.6 Å². The molecule has 1 atom stereocenters. The van der Waals surface area contributed by atoms with Gasteiger partial charge in [0.05, 0.1) is 24.2 Å². The van der Waals surface area contributed by atoms with Crippen LogP contribution in [0.1, 0.15) is 30.6 Å². The van der Waals surface area contributed by atoms with Gasteiger partial charge in [-0.1, -0.05) is 36.4 Å². The van der Waals surface area contributed by atoms with E-state index in [1.165, 1.54) is 11.9 Å². The van der Waals surface area contributed by atoms with E-state index in [-0.39, 0.29) is 11.9 Å². The number of fused-ring (bicyclic) bond motifs is 1. The van der Waals surface area contributed by atoms with Gasteiger partial charge in [-0.15, -0.1) is 0 Å². The Morgan fingerprint density at radius 3 is 2.44 bits per heavy atom. The van der Waals surface area contributed by atoms with E-state index in [1.54, 1.807) is 7.11 Å². The van der Waals surface area contributed by atoms with Crippen molar-refractivity contribution in [3.63, 3.8) is 0 Å². The lowest BCUT2D eigenvalue weighted by atomic mass is 10.0. The number of methoxy groups -OCH3 is 1. The van der Waals surface area contributed by atoms with Crippen LogP contribution in [0.5, 0.6) is 5.75 Å². The first-order valence-electron chi connectivity index (χ1n) is 11.8. The highest BCUT2D eigenvalue weighted by Crippen LogP contribution is 2.36. The second-order valence-corrected chi connectivity index (χ2v) is 8.71. The smallest absolute Gasteiger partial charge is 0.240 e. The summed E-state index contributed by atoms with van der Waals surface area (Å²) in [6.45, 7) is 1.53. The fraction of sp³-hybridized carbons (Fsp3) is 0.138.